The number of anilines is 3. The highest BCUT2D eigenvalue weighted by Gasteiger charge is 2.54. The summed E-state index contributed by atoms with van der Waals surface area (Å²) in [6, 6.07) is 29.7. The zero-order valence-electron chi connectivity index (χ0n) is 18.3. The highest BCUT2D eigenvalue weighted by Crippen LogP contribution is 2.57. The van der Waals surface area contributed by atoms with E-state index < -0.39 is 5.60 Å². The normalized spacial score (nSPS) is 14.5. The molecule has 1 spiro atoms. The smallest absolute Gasteiger partial charge is 0.342 e. The Morgan fingerprint density at radius 2 is 1.36 bits per heavy atom. The zero-order valence-corrected chi connectivity index (χ0v) is 18.3. The minimum atomic E-state index is -1.09. The maximum Gasteiger partial charge on any atom is 0.342 e. The molecule has 2 heterocycles. The van der Waals surface area contributed by atoms with E-state index >= 15 is 0 Å². The minimum absolute atomic E-state index is 0.352. The van der Waals surface area contributed by atoms with Gasteiger partial charge < -0.3 is 19.7 Å². The predicted octanol–water partition coefficient (Wildman–Crippen LogP) is 6.06. The predicted molar refractivity (Wildman–Crippen MR) is 129 cm³/mol. The summed E-state index contributed by atoms with van der Waals surface area (Å²) >= 11 is 0. The SMILES string of the molecule is CNc1cc(N(C)c2ccccc2)cc2c1C(=O)OC21c2ccccc2Oc2ccccc21. The molecule has 0 amide bonds. The number of esters is 1. The van der Waals surface area contributed by atoms with Crippen molar-refractivity contribution in [3.8, 4) is 11.5 Å². The van der Waals surface area contributed by atoms with Crippen LogP contribution in [0.5, 0.6) is 11.5 Å². The van der Waals surface area contributed by atoms with E-state index in [1.165, 1.54) is 0 Å². The number of carbonyl (C=O) groups is 1. The molecule has 0 atom stereocenters. The van der Waals surface area contributed by atoms with Crippen LogP contribution in [-0.2, 0) is 10.3 Å². The van der Waals surface area contributed by atoms with Gasteiger partial charge in [0, 0.05) is 42.2 Å². The van der Waals surface area contributed by atoms with E-state index in [9.17, 15) is 4.79 Å². The Bertz CT molecular complexity index is 1350. The summed E-state index contributed by atoms with van der Waals surface area (Å²) in [6.45, 7) is 0. The molecule has 4 aromatic carbocycles. The first kappa shape index (κ1) is 19.4. The van der Waals surface area contributed by atoms with E-state index in [0.29, 0.717) is 17.1 Å². The highest BCUT2D eigenvalue weighted by molar-refractivity contribution is 6.03. The first-order chi connectivity index (χ1) is 16.1. The number of nitrogens with zero attached hydrogens (tertiary/aromatic N) is 1. The molecule has 4 aromatic rings. The van der Waals surface area contributed by atoms with E-state index in [1.807, 2.05) is 86.9 Å². The van der Waals surface area contributed by atoms with Crippen LogP contribution in [0.1, 0.15) is 27.0 Å². The molecule has 2 aliphatic heterocycles. The molecule has 162 valence electrons. The fraction of sp³-hybridized carbons (Fsp3) is 0.107. The van der Waals surface area contributed by atoms with Crippen molar-refractivity contribution in [2.24, 2.45) is 0 Å². The third-order valence-electron chi connectivity index (χ3n) is 6.51. The molecule has 1 N–H and O–H groups in total. The maximum absolute atomic E-state index is 13.4. The van der Waals surface area contributed by atoms with Crippen LogP contribution in [-0.4, -0.2) is 20.1 Å². The van der Waals surface area contributed by atoms with Gasteiger partial charge in [0.25, 0.3) is 0 Å². The molecule has 0 aliphatic carbocycles. The van der Waals surface area contributed by atoms with Gasteiger partial charge in [0.1, 0.15) is 11.5 Å². The Labute approximate surface area is 192 Å². The number of benzene rings is 4. The molecular weight excluding hydrogens is 412 g/mol. The van der Waals surface area contributed by atoms with Crippen LogP contribution in [0.2, 0.25) is 0 Å². The summed E-state index contributed by atoms with van der Waals surface area (Å²) in [5.41, 5.74) is 4.63. The first-order valence-electron chi connectivity index (χ1n) is 10.9. The van der Waals surface area contributed by atoms with Gasteiger partial charge in [-0.2, -0.15) is 0 Å². The second kappa shape index (κ2) is 7.14. The summed E-state index contributed by atoms with van der Waals surface area (Å²) in [5, 5.41) is 3.22. The fourth-order valence-electron chi connectivity index (χ4n) is 4.92. The van der Waals surface area contributed by atoms with E-state index in [2.05, 4.69) is 28.4 Å². The van der Waals surface area contributed by atoms with Crippen LogP contribution in [0.4, 0.5) is 17.1 Å². The van der Waals surface area contributed by atoms with Crippen molar-refractivity contribution >= 4 is 23.0 Å². The third-order valence-corrected chi connectivity index (χ3v) is 6.51. The highest BCUT2D eigenvalue weighted by atomic mass is 16.6. The molecule has 2 aliphatic rings. The molecule has 0 radical (unpaired) electrons. The van der Waals surface area contributed by atoms with Gasteiger partial charge in [-0.05, 0) is 36.4 Å². The maximum atomic E-state index is 13.4. The van der Waals surface area contributed by atoms with Crippen LogP contribution < -0.4 is 15.0 Å². The molecule has 33 heavy (non-hydrogen) atoms. The molecule has 0 saturated heterocycles. The molecule has 0 aromatic heterocycles. The standard InChI is InChI=1S/C28H22N2O3/c1-29-23-17-19(30(2)18-10-4-3-5-11-18)16-22-26(23)27(31)33-28(22)20-12-6-8-14-24(20)32-25-15-9-7-13-21(25)28/h3-17,29H,1-2H3. The minimum Gasteiger partial charge on any atom is -0.456 e. The van der Waals surface area contributed by atoms with Gasteiger partial charge in [-0.3, -0.25) is 0 Å². The van der Waals surface area contributed by atoms with Crippen LogP contribution in [0.3, 0.4) is 0 Å². The number of rotatable bonds is 3. The van der Waals surface area contributed by atoms with Gasteiger partial charge in [-0.1, -0.05) is 54.6 Å². The third kappa shape index (κ3) is 2.69. The Kier molecular flexibility index (Phi) is 4.20. The lowest BCUT2D eigenvalue weighted by atomic mass is 9.77. The number of hydrogen-bond acceptors (Lipinski definition) is 5. The summed E-state index contributed by atoms with van der Waals surface area (Å²) in [4.78, 5) is 15.5. The largest absolute Gasteiger partial charge is 0.456 e. The molecule has 5 heteroatoms. The van der Waals surface area contributed by atoms with E-state index in [-0.39, 0.29) is 5.97 Å². The number of fused-ring (bicyclic) bond motifs is 6. The van der Waals surface area contributed by atoms with Crippen molar-refractivity contribution in [3.63, 3.8) is 0 Å². The van der Waals surface area contributed by atoms with Crippen molar-refractivity contribution in [1.82, 2.24) is 0 Å². The van der Waals surface area contributed by atoms with Crippen molar-refractivity contribution in [3.05, 3.63) is 113 Å². The monoisotopic (exact) mass is 434 g/mol. The van der Waals surface area contributed by atoms with Crippen LogP contribution in [0.15, 0.2) is 91.0 Å². The molecule has 0 unspecified atom stereocenters. The molecule has 0 saturated carbocycles. The van der Waals surface area contributed by atoms with E-state index in [1.54, 1.807) is 0 Å². The van der Waals surface area contributed by atoms with Gasteiger partial charge in [0.2, 0.25) is 0 Å². The first-order valence-corrected chi connectivity index (χ1v) is 10.9. The Morgan fingerprint density at radius 3 is 2.00 bits per heavy atom. The number of hydrogen-bond donors (Lipinski definition) is 1. The van der Waals surface area contributed by atoms with Crippen molar-refractivity contribution < 1.29 is 14.3 Å². The lowest BCUT2D eigenvalue weighted by Gasteiger charge is -2.36. The van der Waals surface area contributed by atoms with Gasteiger partial charge in [0.15, 0.2) is 5.60 Å². The van der Waals surface area contributed by atoms with Crippen molar-refractivity contribution in [2.75, 3.05) is 24.3 Å². The molecule has 0 fully saturated rings. The lowest BCUT2D eigenvalue weighted by Crippen LogP contribution is -2.33. The average Bonchev–Trinajstić information content (AvgIpc) is 3.16. The Morgan fingerprint density at radius 1 is 0.758 bits per heavy atom. The quantitative estimate of drug-likeness (QED) is 0.397. The molecule has 6 rings (SSSR count). The number of carbonyl (C=O) groups excluding carboxylic acids is 1. The lowest BCUT2D eigenvalue weighted by molar-refractivity contribution is 0.0225. The Balaban J connectivity index is 1.66. The summed E-state index contributed by atoms with van der Waals surface area (Å²) in [7, 11) is 3.85. The summed E-state index contributed by atoms with van der Waals surface area (Å²) < 4.78 is 12.5. The van der Waals surface area contributed by atoms with E-state index in [4.69, 9.17) is 9.47 Å². The van der Waals surface area contributed by atoms with Crippen molar-refractivity contribution in [1.29, 1.82) is 0 Å². The summed E-state index contributed by atoms with van der Waals surface area (Å²) in [5.74, 6) is 1.02. The fourth-order valence-corrected chi connectivity index (χ4v) is 4.92. The topological polar surface area (TPSA) is 50.8 Å². The van der Waals surface area contributed by atoms with Crippen LogP contribution in [0.25, 0.3) is 0 Å². The van der Waals surface area contributed by atoms with Gasteiger partial charge in [-0.25, -0.2) is 4.79 Å². The second-order valence-electron chi connectivity index (χ2n) is 8.23. The Hall–Kier alpha value is -4.25. The van der Waals surface area contributed by atoms with Crippen LogP contribution >= 0.6 is 0 Å². The second-order valence-corrected chi connectivity index (χ2v) is 8.23. The van der Waals surface area contributed by atoms with Crippen LogP contribution in [0, 0.1) is 0 Å². The number of ether oxygens (including phenoxy) is 2. The number of para-hydroxylation sites is 3. The van der Waals surface area contributed by atoms with Gasteiger partial charge >= 0.3 is 5.97 Å². The zero-order chi connectivity index (χ0) is 22.6. The molecular formula is C28H22N2O3. The van der Waals surface area contributed by atoms with E-state index in [0.717, 1.165) is 33.8 Å². The molecule has 5 nitrogen and oxygen atoms in total. The molecule has 0 bridgehead atoms. The van der Waals surface area contributed by atoms with Crippen molar-refractivity contribution in [2.45, 2.75) is 5.60 Å². The van der Waals surface area contributed by atoms with Gasteiger partial charge in [0.05, 0.1) is 11.3 Å². The van der Waals surface area contributed by atoms with Gasteiger partial charge in [-0.15, -0.1) is 0 Å². The number of nitrogens with one attached hydrogen (secondary N) is 1. The summed E-state index contributed by atoms with van der Waals surface area (Å²) in [6.07, 6.45) is 0. The average molecular weight is 434 g/mol.